The summed E-state index contributed by atoms with van der Waals surface area (Å²) >= 11 is 12.4. The third-order valence-corrected chi connectivity index (χ3v) is 12.0. The van der Waals surface area contributed by atoms with Gasteiger partial charge in [0, 0.05) is 43.1 Å². The molecule has 13 nitrogen and oxygen atoms in total. The lowest BCUT2D eigenvalue weighted by Gasteiger charge is -2.54. The highest BCUT2D eigenvalue weighted by Crippen LogP contribution is 2.35. The number of carbonyl (C=O) groups excluding carboxylic acids is 4. The quantitative estimate of drug-likeness (QED) is 0.393. The van der Waals surface area contributed by atoms with Crippen LogP contribution in [0.1, 0.15) is 46.1 Å². The number of nitrogens with one attached hydrogen (secondary N) is 1. The molecule has 51 heavy (non-hydrogen) atoms. The number of hydrogen-bond acceptors (Lipinski definition) is 8. The molecule has 0 radical (unpaired) electrons. The first kappa shape index (κ1) is 38.7. The number of rotatable bonds is 9. The number of carbonyl (C=O) groups is 4. The van der Waals surface area contributed by atoms with Gasteiger partial charge in [-0.05, 0) is 56.0 Å². The van der Waals surface area contributed by atoms with Gasteiger partial charge in [-0.25, -0.2) is 22.0 Å². The van der Waals surface area contributed by atoms with Gasteiger partial charge in [-0.2, -0.15) is 4.31 Å². The maximum absolute atomic E-state index is 15.0. The van der Waals surface area contributed by atoms with E-state index in [0.29, 0.717) is 25.5 Å². The van der Waals surface area contributed by atoms with Crippen molar-refractivity contribution < 1.29 is 41.1 Å². The van der Waals surface area contributed by atoms with Crippen molar-refractivity contribution in [3.05, 3.63) is 63.6 Å². The van der Waals surface area contributed by atoms with E-state index in [0.717, 1.165) is 21.3 Å². The summed E-state index contributed by atoms with van der Waals surface area (Å²) in [6.45, 7) is 6.40. The fourth-order valence-corrected chi connectivity index (χ4v) is 8.90. The Morgan fingerprint density at radius 2 is 1.75 bits per heavy atom. The van der Waals surface area contributed by atoms with Crippen LogP contribution in [0.5, 0.6) is 0 Å². The van der Waals surface area contributed by atoms with Crippen LogP contribution in [0.15, 0.2) is 41.3 Å². The van der Waals surface area contributed by atoms with Crippen LogP contribution in [-0.4, -0.2) is 107 Å². The minimum Gasteiger partial charge on any atom is -0.425 e. The minimum atomic E-state index is -4.58. The molecule has 2 aromatic carbocycles. The molecular formula is C33H40Cl2F2N6O7S. The summed E-state index contributed by atoms with van der Waals surface area (Å²) in [6, 6.07) is 2.19. The molecule has 278 valence electrons. The fourth-order valence-electron chi connectivity index (χ4n) is 6.57. The van der Waals surface area contributed by atoms with E-state index in [-0.39, 0.29) is 33.0 Å². The number of nitrogens with two attached hydrogens (primary N) is 1. The van der Waals surface area contributed by atoms with Crippen LogP contribution in [0.25, 0.3) is 0 Å². The predicted octanol–water partition coefficient (Wildman–Crippen LogP) is 3.32. The third-order valence-electron chi connectivity index (χ3n) is 9.38. The molecule has 5 rings (SSSR count). The predicted molar refractivity (Wildman–Crippen MR) is 183 cm³/mol. The molecule has 3 N–H and O–H groups in total. The summed E-state index contributed by atoms with van der Waals surface area (Å²) in [6.07, 6.45) is -3.04. The van der Waals surface area contributed by atoms with Gasteiger partial charge in [0.25, 0.3) is 0 Å². The average molecular weight is 774 g/mol. The van der Waals surface area contributed by atoms with Crippen LogP contribution in [0, 0.1) is 17.6 Å². The molecule has 3 aliphatic rings. The van der Waals surface area contributed by atoms with E-state index in [9.17, 15) is 36.4 Å². The number of sulfonamides is 1. The molecule has 0 aromatic heterocycles. The lowest BCUT2D eigenvalue weighted by atomic mass is 9.96. The number of ether oxygens (including phenoxy) is 1. The summed E-state index contributed by atoms with van der Waals surface area (Å²) in [5.74, 6) is -3.85. The number of fused-ring (bicyclic) bond motifs is 1. The van der Waals surface area contributed by atoms with Gasteiger partial charge in [-0.3, -0.25) is 14.4 Å². The van der Waals surface area contributed by atoms with Gasteiger partial charge in [0.15, 0.2) is 6.23 Å². The molecule has 18 heteroatoms. The monoisotopic (exact) mass is 772 g/mol. The number of amides is 4. The molecule has 2 aromatic rings. The maximum atomic E-state index is 15.0. The molecule has 0 aliphatic carbocycles. The van der Waals surface area contributed by atoms with E-state index in [2.05, 4.69) is 5.32 Å². The first-order chi connectivity index (χ1) is 23.9. The van der Waals surface area contributed by atoms with Crippen molar-refractivity contribution in [3.8, 4) is 0 Å². The van der Waals surface area contributed by atoms with E-state index < -0.39 is 95.0 Å². The highest BCUT2D eigenvalue weighted by atomic mass is 35.5. The number of alkyl carbamates (subject to hydrolysis) is 1. The van der Waals surface area contributed by atoms with Crippen molar-refractivity contribution in [2.24, 2.45) is 11.7 Å². The normalized spacial score (nSPS) is 23.5. The van der Waals surface area contributed by atoms with Crippen LogP contribution < -0.4 is 11.1 Å². The number of nitrogens with zero attached hydrogens (tertiary/aromatic N) is 4. The lowest BCUT2D eigenvalue weighted by molar-refractivity contribution is -0.168. The Bertz CT molecular complexity index is 1820. The van der Waals surface area contributed by atoms with Gasteiger partial charge in [-0.1, -0.05) is 43.1 Å². The molecule has 0 saturated carbocycles. The SMILES string of the molecule is CC(C)C(N)C(=O)N1CCCC1OC(=O)NC1CN(S(=O)(=O)c2ccc(Cl)cc2Cl)C2CN(C(C)C)C(=O)C(Cc3ccc(F)cc3F)N2C1=O. The van der Waals surface area contributed by atoms with Gasteiger partial charge in [0.05, 0.1) is 17.6 Å². The summed E-state index contributed by atoms with van der Waals surface area (Å²) in [5.41, 5.74) is 5.97. The molecule has 3 saturated heterocycles. The zero-order valence-corrected chi connectivity index (χ0v) is 30.7. The Hall–Kier alpha value is -3.57. The Morgan fingerprint density at radius 1 is 1.04 bits per heavy atom. The van der Waals surface area contributed by atoms with E-state index in [1.54, 1.807) is 27.7 Å². The molecule has 5 unspecified atom stereocenters. The number of hydrogen-bond donors (Lipinski definition) is 2. The third kappa shape index (κ3) is 7.80. The number of benzene rings is 2. The van der Waals surface area contributed by atoms with Crippen LogP contribution in [0.3, 0.4) is 0 Å². The van der Waals surface area contributed by atoms with Gasteiger partial charge in [0.1, 0.15) is 34.8 Å². The molecular weight excluding hydrogens is 733 g/mol. The van der Waals surface area contributed by atoms with Crippen molar-refractivity contribution in [3.63, 3.8) is 0 Å². The van der Waals surface area contributed by atoms with Gasteiger partial charge in [-0.15, -0.1) is 0 Å². The lowest BCUT2D eigenvalue weighted by Crippen LogP contribution is -2.76. The summed E-state index contributed by atoms with van der Waals surface area (Å²) in [7, 11) is -4.58. The van der Waals surface area contributed by atoms with Gasteiger partial charge >= 0.3 is 6.09 Å². The zero-order chi connectivity index (χ0) is 37.5. The fraction of sp³-hybridized carbons (Fsp3) is 0.515. The summed E-state index contributed by atoms with van der Waals surface area (Å²) < 4.78 is 64.1. The first-order valence-electron chi connectivity index (χ1n) is 16.5. The first-order valence-corrected chi connectivity index (χ1v) is 18.7. The number of likely N-dealkylation sites (tertiary alicyclic amines) is 1. The van der Waals surface area contributed by atoms with Crippen LogP contribution >= 0.6 is 23.2 Å². The Balaban J connectivity index is 1.53. The average Bonchev–Trinajstić information content (AvgIpc) is 3.50. The topological polar surface area (TPSA) is 163 Å². The Kier molecular flexibility index (Phi) is 11.5. The second-order valence-corrected chi connectivity index (χ2v) is 16.1. The Morgan fingerprint density at radius 3 is 2.37 bits per heavy atom. The van der Waals surface area contributed by atoms with Gasteiger partial charge < -0.3 is 30.5 Å². The van der Waals surface area contributed by atoms with Crippen LogP contribution in [-0.2, 0) is 35.6 Å². The second-order valence-electron chi connectivity index (χ2n) is 13.4. The van der Waals surface area contributed by atoms with Crippen molar-refractivity contribution in [1.29, 1.82) is 0 Å². The molecule has 5 atom stereocenters. The molecule has 3 fully saturated rings. The minimum absolute atomic E-state index is 0.0952. The highest BCUT2D eigenvalue weighted by Gasteiger charge is 2.55. The van der Waals surface area contributed by atoms with E-state index in [1.165, 1.54) is 28.0 Å². The van der Waals surface area contributed by atoms with Crippen molar-refractivity contribution >= 4 is 57.0 Å². The van der Waals surface area contributed by atoms with Crippen LogP contribution in [0.2, 0.25) is 10.0 Å². The van der Waals surface area contributed by atoms with Crippen LogP contribution in [0.4, 0.5) is 13.6 Å². The summed E-state index contributed by atoms with van der Waals surface area (Å²) in [4.78, 5) is 58.1. The second kappa shape index (κ2) is 15.2. The van der Waals surface area contributed by atoms with E-state index in [4.69, 9.17) is 33.7 Å². The molecule has 4 amide bonds. The van der Waals surface area contributed by atoms with E-state index in [1.807, 2.05) is 0 Å². The van der Waals surface area contributed by atoms with Gasteiger partial charge in [0.2, 0.25) is 27.7 Å². The van der Waals surface area contributed by atoms with Crippen molar-refractivity contribution in [1.82, 2.24) is 24.3 Å². The number of halogens is 4. The Labute approximate surface area is 305 Å². The number of piperazine rings is 1. The molecule has 3 heterocycles. The zero-order valence-electron chi connectivity index (χ0n) is 28.4. The highest BCUT2D eigenvalue weighted by molar-refractivity contribution is 7.89. The molecule has 0 bridgehead atoms. The van der Waals surface area contributed by atoms with E-state index >= 15 is 0 Å². The smallest absolute Gasteiger partial charge is 0.409 e. The van der Waals surface area contributed by atoms with Crippen molar-refractivity contribution in [2.75, 3.05) is 19.6 Å². The maximum Gasteiger partial charge on any atom is 0.409 e. The standard InChI is InChI=1S/C33H40Cl2F2N6O7S/c1-17(2)29(38)32(46)40-11-5-6-28(40)50-33(47)39-24-15-42(51(48,49)26-10-8-20(34)13-22(26)35)27-16-41(18(3)4)31(45)25(43(27)30(24)44)12-19-7-9-21(36)14-23(19)37/h7-10,13-14,17-18,24-25,27-29H,5-6,11-12,15-16,38H2,1-4H3,(H,39,47). The molecule has 0 spiro atoms. The summed E-state index contributed by atoms with van der Waals surface area (Å²) in [5, 5.41) is 2.40. The largest absolute Gasteiger partial charge is 0.425 e. The molecule has 3 aliphatic heterocycles. The van der Waals surface area contributed by atoms with Crippen molar-refractivity contribution in [2.45, 2.75) is 88.4 Å².